The van der Waals surface area contributed by atoms with Crippen LogP contribution in [-0.2, 0) is 0 Å². The summed E-state index contributed by atoms with van der Waals surface area (Å²) in [4.78, 5) is 15.6. The monoisotopic (exact) mass is 271 g/mol. The van der Waals surface area contributed by atoms with Crippen LogP contribution in [0.2, 0.25) is 0 Å². The first-order valence-electron chi connectivity index (χ1n) is 7.06. The second-order valence-electron chi connectivity index (χ2n) is 5.36. The lowest BCUT2D eigenvalue weighted by Crippen LogP contribution is -2.47. The van der Waals surface area contributed by atoms with E-state index in [2.05, 4.69) is 29.7 Å². The van der Waals surface area contributed by atoms with E-state index in [1.807, 2.05) is 12.1 Å². The van der Waals surface area contributed by atoms with E-state index >= 15 is 0 Å². The third-order valence-corrected chi connectivity index (χ3v) is 3.88. The van der Waals surface area contributed by atoms with Gasteiger partial charge >= 0.3 is 0 Å². The van der Waals surface area contributed by atoms with Gasteiger partial charge in [-0.1, -0.05) is 0 Å². The summed E-state index contributed by atoms with van der Waals surface area (Å²) in [7, 11) is 0. The molecule has 0 amide bonds. The van der Waals surface area contributed by atoms with Gasteiger partial charge in [0, 0.05) is 50.4 Å². The lowest BCUT2D eigenvalue weighted by Gasteiger charge is -2.37. The number of rotatable bonds is 4. The van der Waals surface area contributed by atoms with Gasteiger partial charge in [-0.3, -0.25) is 9.69 Å². The Balaban J connectivity index is 2.07. The van der Waals surface area contributed by atoms with Crippen LogP contribution in [0.1, 0.15) is 27.9 Å². The Morgan fingerprint density at radius 3 is 2.30 bits per heavy atom. The zero-order valence-corrected chi connectivity index (χ0v) is 12.2. The van der Waals surface area contributed by atoms with Crippen LogP contribution in [0, 0.1) is 25.2 Å². The van der Waals surface area contributed by atoms with Crippen molar-refractivity contribution in [1.82, 2.24) is 4.90 Å². The Morgan fingerprint density at radius 2 is 1.80 bits per heavy atom. The van der Waals surface area contributed by atoms with Gasteiger partial charge in [0.2, 0.25) is 0 Å². The van der Waals surface area contributed by atoms with Crippen LogP contribution in [0.5, 0.6) is 0 Å². The van der Waals surface area contributed by atoms with Crippen LogP contribution in [0.3, 0.4) is 0 Å². The van der Waals surface area contributed by atoms with Crippen LogP contribution >= 0.6 is 0 Å². The first-order chi connectivity index (χ1) is 9.65. The molecule has 1 aliphatic heterocycles. The molecule has 1 aromatic carbocycles. The number of hydrogen-bond acceptors (Lipinski definition) is 4. The van der Waals surface area contributed by atoms with Gasteiger partial charge in [-0.25, -0.2) is 0 Å². The van der Waals surface area contributed by atoms with Crippen molar-refractivity contribution in [1.29, 1.82) is 5.26 Å². The predicted octanol–water partition coefficient (Wildman–Crippen LogP) is 2.15. The molecule has 1 aliphatic rings. The Bertz CT molecular complexity index is 502. The lowest BCUT2D eigenvalue weighted by molar-refractivity contribution is 0.112. The second kappa shape index (κ2) is 6.53. The summed E-state index contributed by atoms with van der Waals surface area (Å²) in [6.07, 6.45) is 1.51. The van der Waals surface area contributed by atoms with Crippen LogP contribution in [0.25, 0.3) is 0 Å². The number of carbonyl (C=O) groups is 1. The smallest absolute Gasteiger partial charge is 0.150 e. The average Bonchev–Trinajstić information content (AvgIpc) is 2.45. The zero-order valence-electron chi connectivity index (χ0n) is 12.2. The summed E-state index contributed by atoms with van der Waals surface area (Å²) in [6.45, 7) is 8.95. The Kier molecular flexibility index (Phi) is 4.75. The first-order valence-corrected chi connectivity index (χ1v) is 7.06. The average molecular weight is 271 g/mol. The van der Waals surface area contributed by atoms with E-state index in [1.54, 1.807) is 0 Å². The normalized spacial score (nSPS) is 15.9. The van der Waals surface area contributed by atoms with E-state index < -0.39 is 0 Å². The van der Waals surface area contributed by atoms with Gasteiger partial charge in [0.1, 0.15) is 6.29 Å². The van der Waals surface area contributed by atoms with Crippen molar-refractivity contribution < 1.29 is 4.79 Å². The van der Waals surface area contributed by atoms with Gasteiger partial charge in [-0.15, -0.1) is 0 Å². The van der Waals surface area contributed by atoms with Crippen LogP contribution < -0.4 is 4.90 Å². The molecule has 0 spiro atoms. The predicted molar refractivity (Wildman–Crippen MR) is 80.2 cm³/mol. The Hall–Kier alpha value is -1.86. The summed E-state index contributed by atoms with van der Waals surface area (Å²) in [5, 5.41) is 8.63. The van der Waals surface area contributed by atoms with Crippen molar-refractivity contribution >= 4 is 12.0 Å². The maximum atomic E-state index is 10.9. The number of aryl methyl sites for hydroxylation is 2. The van der Waals surface area contributed by atoms with E-state index in [4.69, 9.17) is 5.26 Å². The van der Waals surface area contributed by atoms with Crippen LogP contribution in [0.4, 0.5) is 5.69 Å². The van der Waals surface area contributed by atoms with Gasteiger partial charge in [0.15, 0.2) is 0 Å². The molecule has 0 N–H and O–H groups in total. The number of nitrogens with zero attached hydrogens (tertiary/aromatic N) is 3. The number of anilines is 1. The minimum absolute atomic E-state index is 0.603. The fourth-order valence-corrected chi connectivity index (χ4v) is 2.96. The number of piperazine rings is 1. The standard InChI is InChI=1S/C16H21N3O/c1-13-10-15(12-20)11-14(2)16(13)19-8-6-18(7-9-19)5-3-4-17/h10-12H,3,5-9H2,1-2H3. The van der Waals surface area contributed by atoms with Gasteiger partial charge in [-0.05, 0) is 37.1 Å². The fourth-order valence-electron chi connectivity index (χ4n) is 2.96. The highest BCUT2D eigenvalue weighted by Crippen LogP contribution is 2.27. The van der Waals surface area contributed by atoms with Crippen LogP contribution in [0.15, 0.2) is 12.1 Å². The van der Waals surface area contributed by atoms with Crippen molar-refractivity contribution in [2.24, 2.45) is 0 Å². The van der Waals surface area contributed by atoms with Crippen molar-refractivity contribution in [2.45, 2.75) is 20.3 Å². The third-order valence-electron chi connectivity index (χ3n) is 3.88. The van der Waals surface area contributed by atoms with E-state index in [9.17, 15) is 4.79 Å². The molecule has 4 heteroatoms. The highest BCUT2D eigenvalue weighted by molar-refractivity contribution is 5.78. The molecule has 1 fully saturated rings. The van der Waals surface area contributed by atoms with Gasteiger partial charge < -0.3 is 4.90 Å². The van der Waals surface area contributed by atoms with Gasteiger partial charge in [-0.2, -0.15) is 5.26 Å². The van der Waals surface area contributed by atoms with Crippen molar-refractivity contribution in [3.05, 3.63) is 28.8 Å². The lowest BCUT2D eigenvalue weighted by atomic mass is 10.0. The molecule has 0 aliphatic carbocycles. The van der Waals surface area contributed by atoms with Crippen molar-refractivity contribution in [2.75, 3.05) is 37.6 Å². The van der Waals surface area contributed by atoms with E-state index in [-0.39, 0.29) is 0 Å². The summed E-state index contributed by atoms with van der Waals surface area (Å²) < 4.78 is 0. The zero-order chi connectivity index (χ0) is 14.5. The molecule has 1 heterocycles. The second-order valence-corrected chi connectivity index (χ2v) is 5.36. The maximum Gasteiger partial charge on any atom is 0.150 e. The van der Waals surface area contributed by atoms with Gasteiger partial charge in [0.05, 0.1) is 6.07 Å². The molecule has 0 radical (unpaired) electrons. The molecule has 0 saturated carbocycles. The van der Waals surface area contributed by atoms with Crippen molar-refractivity contribution in [3.8, 4) is 6.07 Å². The van der Waals surface area contributed by atoms with E-state index in [0.717, 1.165) is 55.7 Å². The molecule has 1 aromatic rings. The molecule has 106 valence electrons. The van der Waals surface area contributed by atoms with E-state index in [0.29, 0.717) is 6.42 Å². The minimum Gasteiger partial charge on any atom is -0.369 e. The molecule has 0 atom stereocenters. The molecule has 20 heavy (non-hydrogen) atoms. The minimum atomic E-state index is 0.603. The molecule has 2 rings (SSSR count). The quantitative estimate of drug-likeness (QED) is 0.787. The number of carbonyl (C=O) groups excluding carboxylic acids is 1. The first kappa shape index (κ1) is 14.5. The molecule has 0 aromatic heterocycles. The molecule has 0 bridgehead atoms. The Morgan fingerprint density at radius 1 is 1.20 bits per heavy atom. The third kappa shape index (κ3) is 3.17. The fraction of sp³-hybridized carbons (Fsp3) is 0.500. The molecular formula is C16H21N3O. The summed E-state index contributed by atoms with van der Waals surface area (Å²) in [5.41, 5.74) is 4.34. The highest BCUT2D eigenvalue weighted by Gasteiger charge is 2.19. The summed E-state index contributed by atoms with van der Waals surface area (Å²) in [5.74, 6) is 0. The summed E-state index contributed by atoms with van der Waals surface area (Å²) in [6, 6.07) is 6.11. The maximum absolute atomic E-state index is 10.9. The number of nitriles is 1. The molecule has 0 unspecified atom stereocenters. The molecular weight excluding hydrogens is 250 g/mol. The Labute approximate surface area is 120 Å². The highest BCUT2D eigenvalue weighted by atomic mass is 16.1. The number of benzene rings is 1. The molecule has 1 saturated heterocycles. The summed E-state index contributed by atoms with van der Waals surface area (Å²) >= 11 is 0. The molecule has 4 nitrogen and oxygen atoms in total. The SMILES string of the molecule is Cc1cc(C=O)cc(C)c1N1CCN(CCC#N)CC1. The van der Waals surface area contributed by atoms with Gasteiger partial charge in [0.25, 0.3) is 0 Å². The topological polar surface area (TPSA) is 47.3 Å². The number of hydrogen-bond donors (Lipinski definition) is 0. The van der Waals surface area contributed by atoms with Crippen molar-refractivity contribution in [3.63, 3.8) is 0 Å². The van der Waals surface area contributed by atoms with Crippen LogP contribution in [-0.4, -0.2) is 43.9 Å². The van der Waals surface area contributed by atoms with E-state index in [1.165, 1.54) is 5.69 Å². The number of aldehydes is 1. The largest absolute Gasteiger partial charge is 0.369 e.